The lowest BCUT2D eigenvalue weighted by Gasteiger charge is -2.14. The van der Waals surface area contributed by atoms with Gasteiger partial charge >= 0.3 is 0 Å². The summed E-state index contributed by atoms with van der Waals surface area (Å²) >= 11 is 3.31. The molecule has 0 atom stereocenters. The van der Waals surface area contributed by atoms with Gasteiger partial charge in [-0.05, 0) is 61.3 Å². The van der Waals surface area contributed by atoms with Crippen LogP contribution in [0.5, 0.6) is 0 Å². The minimum atomic E-state index is -3.48. The van der Waals surface area contributed by atoms with Crippen molar-refractivity contribution in [3.8, 4) is 0 Å². The second-order valence-corrected chi connectivity index (χ2v) is 8.76. The van der Waals surface area contributed by atoms with Gasteiger partial charge in [-0.2, -0.15) is 0 Å². The third-order valence-electron chi connectivity index (χ3n) is 4.22. The zero-order chi connectivity index (χ0) is 17.0. The van der Waals surface area contributed by atoms with Crippen LogP contribution in [0.15, 0.2) is 57.9 Å². The van der Waals surface area contributed by atoms with Crippen LogP contribution in [0.4, 0.5) is 0 Å². The summed E-state index contributed by atoms with van der Waals surface area (Å²) in [6.45, 7) is 3.62. The summed E-state index contributed by atoms with van der Waals surface area (Å²) in [7, 11) is -3.48. The van der Waals surface area contributed by atoms with Crippen LogP contribution in [-0.2, 0) is 23.1 Å². The zero-order valence-corrected chi connectivity index (χ0v) is 15.8. The van der Waals surface area contributed by atoms with Crippen LogP contribution < -0.4 is 4.72 Å². The van der Waals surface area contributed by atoms with E-state index in [0.29, 0.717) is 6.54 Å². The molecule has 1 saturated heterocycles. The second-order valence-electron chi connectivity index (χ2n) is 6.08. The standard InChI is InChI=1S/C18H21BrN2O2S/c19-17-7-9-18(10-8-17)24(22,23)20-13-15-3-5-16(6-4-15)14-21-11-1-2-12-21/h3-10,20H,1-2,11-14H2. The minimum Gasteiger partial charge on any atom is -0.299 e. The Balaban J connectivity index is 1.58. The van der Waals surface area contributed by atoms with Gasteiger partial charge in [-0.1, -0.05) is 40.2 Å². The van der Waals surface area contributed by atoms with Crippen molar-refractivity contribution in [2.75, 3.05) is 13.1 Å². The van der Waals surface area contributed by atoms with E-state index in [4.69, 9.17) is 0 Å². The predicted octanol–water partition coefficient (Wildman–Crippen LogP) is 3.52. The average molecular weight is 409 g/mol. The molecule has 0 saturated carbocycles. The molecular formula is C18H21BrN2O2S. The molecule has 6 heteroatoms. The largest absolute Gasteiger partial charge is 0.299 e. The van der Waals surface area contributed by atoms with E-state index < -0.39 is 10.0 Å². The van der Waals surface area contributed by atoms with Gasteiger partial charge in [0.15, 0.2) is 0 Å². The number of halogens is 1. The van der Waals surface area contributed by atoms with E-state index in [-0.39, 0.29) is 4.90 Å². The van der Waals surface area contributed by atoms with E-state index in [1.54, 1.807) is 24.3 Å². The van der Waals surface area contributed by atoms with Crippen LogP contribution in [0.2, 0.25) is 0 Å². The first-order valence-corrected chi connectivity index (χ1v) is 10.4. The van der Waals surface area contributed by atoms with Gasteiger partial charge in [-0.15, -0.1) is 0 Å². The fourth-order valence-corrected chi connectivity index (χ4v) is 4.12. The zero-order valence-electron chi connectivity index (χ0n) is 13.4. The summed E-state index contributed by atoms with van der Waals surface area (Å²) in [5.41, 5.74) is 2.23. The van der Waals surface area contributed by atoms with Crippen molar-refractivity contribution >= 4 is 26.0 Å². The van der Waals surface area contributed by atoms with Gasteiger partial charge in [-0.3, -0.25) is 4.90 Å². The Morgan fingerprint density at radius 3 is 2.12 bits per heavy atom. The molecule has 1 aliphatic heterocycles. The normalized spacial score (nSPS) is 15.7. The molecule has 0 radical (unpaired) electrons. The Bertz CT molecular complexity index is 768. The van der Waals surface area contributed by atoms with Gasteiger partial charge in [0.2, 0.25) is 10.0 Å². The lowest BCUT2D eigenvalue weighted by molar-refractivity contribution is 0.331. The smallest absolute Gasteiger partial charge is 0.240 e. The van der Waals surface area contributed by atoms with Gasteiger partial charge in [0.05, 0.1) is 4.90 Å². The number of benzene rings is 2. The first kappa shape index (κ1) is 17.6. The molecule has 24 heavy (non-hydrogen) atoms. The highest BCUT2D eigenvalue weighted by molar-refractivity contribution is 9.10. The topological polar surface area (TPSA) is 49.4 Å². The molecule has 2 aromatic rings. The molecule has 0 aromatic heterocycles. The summed E-state index contributed by atoms with van der Waals surface area (Å²) in [5.74, 6) is 0. The fourth-order valence-electron chi connectivity index (χ4n) is 2.84. The molecule has 0 aliphatic carbocycles. The molecule has 1 heterocycles. The van der Waals surface area contributed by atoms with E-state index in [9.17, 15) is 8.42 Å². The minimum absolute atomic E-state index is 0.274. The van der Waals surface area contributed by atoms with Gasteiger partial charge < -0.3 is 0 Å². The Morgan fingerprint density at radius 2 is 1.50 bits per heavy atom. The molecule has 3 rings (SSSR count). The maximum absolute atomic E-state index is 12.3. The maximum Gasteiger partial charge on any atom is 0.240 e. The van der Waals surface area contributed by atoms with Gasteiger partial charge in [0, 0.05) is 17.6 Å². The van der Waals surface area contributed by atoms with Gasteiger partial charge in [0.25, 0.3) is 0 Å². The fraction of sp³-hybridized carbons (Fsp3) is 0.333. The Labute approximate surface area is 152 Å². The van der Waals surface area contributed by atoms with Crippen LogP contribution in [-0.4, -0.2) is 26.4 Å². The number of likely N-dealkylation sites (tertiary alicyclic amines) is 1. The van der Waals surface area contributed by atoms with Crippen LogP contribution in [0, 0.1) is 0 Å². The van der Waals surface area contributed by atoms with Crippen molar-refractivity contribution in [2.24, 2.45) is 0 Å². The quantitative estimate of drug-likeness (QED) is 0.794. The number of sulfonamides is 1. The maximum atomic E-state index is 12.3. The monoisotopic (exact) mass is 408 g/mol. The highest BCUT2D eigenvalue weighted by Gasteiger charge is 2.14. The Morgan fingerprint density at radius 1 is 0.917 bits per heavy atom. The lowest BCUT2D eigenvalue weighted by Crippen LogP contribution is -2.23. The third kappa shape index (κ3) is 4.66. The Kier molecular flexibility index (Phi) is 5.71. The summed E-state index contributed by atoms with van der Waals surface area (Å²) in [5, 5.41) is 0. The number of hydrogen-bond donors (Lipinski definition) is 1. The van der Waals surface area contributed by atoms with Crippen molar-refractivity contribution in [1.82, 2.24) is 9.62 Å². The van der Waals surface area contributed by atoms with Gasteiger partial charge in [-0.25, -0.2) is 13.1 Å². The van der Waals surface area contributed by atoms with E-state index >= 15 is 0 Å². The summed E-state index contributed by atoms with van der Waals surface area (Å²) in [6, 6.07) is 14.8. The highest BCUT2D eigenvalue weighted by atomic mass is 79.9. The molecule has 2 aromatic carbocycles. The third-order valence-corrected chi connectivity index (χ3v) is 6.16. The van der Waals surface area contributed by atoms with Crippen molar-refractivity contribution in [1.29, 1.82) is 0 Å². The van der Waals surface area contributed by atoms with Crippen molar-refractivity contribution < 1.29 is 8.42 Å². The number of hydrogen-bond acceptors (Lipinski definition) is 3. The average Bonchev–Trinajstić information content (AvgIpc) is 3.08. The molecule has 0 spiro atoms. The number of nitrogens with zero attached hydrogens (tertiary/aromatic N) is 1. The highest BCUT2D eigenvalue weighted by Crippen LogP contribution is 2.16. The summed E-state index contributed by atoms with van der Waals surface area (Å²) in [4.78, 5) is 2.72. The molecule has 1 N–H and O–H groups in total. The first-order chi connectivity index (χ1) is 11.5. The van der Waals surface area contributed by atoms with Crippen LogP contribution in [0.25, 0.3) is 0 Å². The molecule has 128 valence electrons. The molecule has 0 unspecified atom stereocenters. The molecule has 4 nitrogen and oxygen atoms in total. The molecule has 1 aliphatic rings. The molecule has 0 bridgehead atoms. The molecule has 1 fully saturated rings. The van der Waals surface area contributed by atoms with Crippen LogP contribution in [0.3, 0.4) is 0 Å². The number of nitrogens with one attached hydrogen (secondary N) is 1. The van der Waals surface area contributed by atoms with E-state index in [2.05, 4.69) is 37.7 Å². The van der Waals surface area contributed by atoms with Crippen molar-refractivity contribution in [3.05, 3.63) is 64.1 Å². The SMILES string of the molecule is O=S(=O)(NCc1ccc(CN2CCCC2)cc1)c1ccc(Br)cc1. The predicted molar refractivity (Wildman–Crippen MR) is 99.1 cm³/mol. The Hall–Kier alpha value is -1.21. The van der Waals surface area contributed by atoms with Crippen LogP contribution in [0.1, 0.15) is 24.0 Å². The summed E-state index contributed by atoms with van der Waals surface area (Å²) < 4.78 is 28.1. The summed E-state index contributed by atoms with van der Waals surface area (Å²) in [6.07, 6.45) is 2.58. The van der Waals surface area contributed by atoms with E-state index in [1.807, 2.05) is 12.1 Å². The molecule has 0 amide bonds. The van der Waals surface area contributed by atoms with Crippen molar-refractivity contribution in [2.45, 2.75) is 30.8 Å². The first-order valence-electron chi connectivity index (χ1n) is 8.08. The van der Waals surface area contributed by atoms with Gasteiger partial charge in [0.1, 0.15) is 0 Å². The number of rotatable bonds is 6. The van der Waals surface area contributed by atoms with E-state index in [0.717, 1.165) is 16.6 Å². The second kappa shape index (κ2) is 7.78. The van der Waals surface area contributed by atoms with Crippen molar-refractivity contribution in [3.63, 3.8) is 0 Å². The van der Waals surface area contributed by atoms with E-state index in [1.165, 1.54) is 31.5 Å². The lowest BCUT2D eigenvalue weighted by atomic mass is 10.1. The molecular weight excluding hydrogens is 388 g/mol. The van der Waals surface area contributed by atoms with Crippen LogP contribution >= 0.6 is 15.9 Å².